The van der Waals surface area contributed by atoms with Crippen molar-refractivity contribution in [3.8, 4) is 0 Å². The fraction of sp³-hybridized carbons (Fsp3) is 0.500. The number of carbonyl (C=O) groups excluding carboxylic acids is 1. The summed E-state index contributed by atoms with van der Waals surface area (Å²) in [6, 6.07) is 11.7. The van der Waals surface area contributed by atoms with Crippen LogP contribution in [0.4, 0.5) is 0 Å². The maximum atomic E-state index is 13.2. The summed E-state index contributed by atoms with van der Waals surface area (Å²) in [4.78, 5) is 14.8. The summed E-state index contributed by atoms with van der Waals surface area (Å²) in [5.74, 6) is 2.73. The van der Waals surface area contributed by atoms with Gasteiger partial charge >= 0.3 is 0 Å². The maximum Gasteiger partial charge on any atom is 0.247 e. The third-order valence-corrected chi connectivity index (χ3v) is 8.36. The Bertz CT molecular complexity index is 1110. The van der Waals surface area contributed by atoms with E-state index in [1.807, 2.05) is 24.3 Å². The zero-order valence-electron chi connectivity index (χ0n) is 19.4. The van der Waals surface area contributed by atoms with Crippen LogP contribution in [0.3, 0.4) is 0 Å². The zero-order valence-corrected chi connectivity index (χ0v) is 20.2. The number of nitrogens with zero attached hydrogens (tertiary/aromatic N) is 1. The van der Waals surface area contributed by atoms with Crippen molar-refractivity contribution in [1.29, 1.82) is 0 Å². The molecule has 1 saturated carbocycles. The average Bonchev–Trinajstić information content (AvgIpc) is 3.10. The minimum absolute atomic E-state index is 0.0140. The Morgan fingerprint density at radius 2 is 1.84 bits per heavy atom. The average molecular weight is 456 g/mol. The van der Waals surface area contributed by atoms with Crippen molar-refractivity contribution in [1.82, 2.24) is 4.90 Å². The molecular weight excluding hydrogens is 422 g/mol. The molecule has 2 heterocycles. The van der Waals surface area contributed by atoms with E-state index in [9.17, 15) is 13.2 Å². The van der Waals surface area contributed by atoms with Gasteiger partial charge in [-0.1, -0.05) is 52.0 Å². The third-order valence-electron chi connectivity index (χ3n) is 6.61. The van der Waals surface area contributed by atoms with Crippen molar-refractivity contribution in [2.24, 2.45) is 5.92 Å². The number of carbonyl (C=O) groups is 1. The predicted octanol–water partition coefficient (Wildman–Crippen LogP) is 4.93. The van der Waals surface area contributed by atoms with Crippen LogP contribution < -0.4 is 0 Å². The van der Waals surface area contributed by atoms with Crippen molar-refractivity contribution < 1.29 is 17.6 Å². The Hall–Kier alpha value is -2.34. The summed E-state index contributed by atoms with van der Waals surface area (Å²) in [6.07, 6.45) is 4.94. The van der Waals surface area contributed by atoms with Gasteiger partial charge in [0.1, 0.15) is 11.5 Å². The van der Waals surface area contributed by atoms with E-state index in [1.165, 1.54) is 5.56 Å². The molecule has 6 heteroatoms. The van der Waals surface area contributed by atoms with Crippen LogP contribution >= 0.6 is 0 Å². The molecule has 1 aliphatic carbocycles. The van der Waals surface area contributed by atoms with Crippen LogP contribution in [0.25, 0.3) is 6.08 Å². The van der Waals surface area contributed by atoms with E-state index in [0.717, 1.165) is 17.7 Å². The molecule has 32 heavy (non-hydrogen) atoms. The highest BCUT2D eigenvalue weighted by molar-refractivity contribution is 7.91. The molecule has 1 aromatic heterocycles. The Balaban J connectivity index is 1.50. The molecule has 3 unspecified atom stereocenters. The first-order valence-electron chi connectivity index (χ1n) is 11.4. The van der Waals surface area contributed by atoms with Gasteiger partial charge in [-0.15, -0.1) is 0 Å². The molecule has 172 valence electrons. The van der Waals surface area contributed by atoms with E-state index in [2.05, 4.69) is 39.8 Å². The first-order valence-corrected chi connectivity index (χ1v) is 13.2. The molecule has 0 N–H and O–H groups in total. The highest BCUT2D eigenvalue weighted by Gasteiger charge is 2.37. The number of rotatable bonds is 6. The molecule has 2 fully saturated rings. The van der Waals surface area contributed by atoms with E-state index in [-0.39, 0.29) is 35.4 Å². The summed E-state index contributed by atoms with van der Waals surface area (Å²) in [5.41, 5.74) is 2.24. The van der Waals surface area contributed by atoms with Gasteiger partial charge in [0, 0.05) is 18.0 Å². The van der Waals surface area contributed by atoms with Gasteiger partial charge in [-0.2, -0.15) is 0 Å². The van der Waals surface area contributed by atoms with E-state index in [0.29, 0.717) is 24.0 Å². The Kier molecular flexibility index (Phi) is 6.10. The van der Waals surface area contributed by atoms with Crippen molar-refractivity contribution >= 4 is 21.8 Å². The van der Waals surface area contributed by atoms with Crippen molar-refractivity contribution in [3.63, 3.8) is 0 Å². The second-order valence-corrected chi connectivity index (χ2v) is 12.6. The molecule has 3 atom stereocenters. The summed E-state index contributed by atoms with van der Waals surface area (Å²) in [5, 5.41) is 0. The van der Waals surface area contributed by atoms with E-state index in [4.69, 9.17) is 4.42 Å². The highest BCUT2D eigenvalue weighted by Crippen LogP contribution is 2.47. The number of furan rings is 1. The van der Waals surface area contributed by atoms with Crippen LogP contribution in [-0.2, 0) is 26.6 Å². The highest BCUT2D eigenvalue weighted by atomic mass is 32.2. The first-order chi connectivity index (χ1) is 15.0. The van der Waals surface area contributed by atoms with Crippen molar-refractivity contribution in [2.75, 3.05) is 11.5 Å². The summed E-state index contributed by atoms with van der Waals surface area (Å²) in [6.45, 7) is 8.98. The molecular formula is C26H33NO4S. The van der Waals surface area contributed by atoms with Crippen LogP contribution in [0.5, 0.6) is 0 Å². The number of hydrogen-bond acceptors (Lipinski definition) is 4. The first kappa shape index (κ1) is 22.8. The third kappa shape index (κ3) is 5.34. The quantitative estimate of drug-likeness (QED) is 0.579. The van der Waals surface area contributed by atoms with Gasteiger partial charge in [-0.05, 0) is 53.5 Å². The lowest BCUT2D eigenvalue weighted by molar-refractivity contribution is -0.128. The lowest BCUT2D eigenvalue weighted by atomic mass is 9.87. The molecule has 0 bridgehead atoms. The Labute approximate surface area is 191 Å². The second kappa shape index (κ2) is 8.54. The topological polar surface area (TPSA) is 67.6 Å². The molecule has 1 amide bonds. The molecule has 5 nitrogen and oxygen atoms in total. The van der Waals surface area contributed by atoms with Crippen LogP contribution in [0.1, 0.15) is 69.1 Å². The fourth-order valence-corrected chi connectivity index (χ4v) is 6.06. The van der Waals surface area contributed by atoms with Gasteiger partial charge in [0.2, 0.25) is 5.91 Å². The number of sulfone groups is 1. The van der Waals surface area contributed by atoms with Crippen LogP contribution in [-0.4, -0.2) is 36.8 Å². The summed E-state index contributed by atoms with van der Waals surface area (Å²) in [7, 11) is -3.11. The van der Waals surface area contributed by atoms with E-state index >= 15 is 0 Å². The SMILES string of the molecule is CC1CC1c1ccc(CN(C(=O)/C=C/c2ccc(C(C)(C)C)cc2)C2CCS(=O)(=O)C2)o1. The van der Waals surface area contributed by atoms with Crippen LogP contribution in [0.15, 0.2) is 46.9 Å². The van der Waals surface area contributed by atoms with Crippen LogP contribution in [0, 0.1) is 5.92 Å². The van der Waals surface area contributed by atoms with Crippen LogP contribution in [0.2, 0.25) is 0 Å². The molecule has 1 aromatic carbocycles. The number of amides is 1. The monoisotopic (exact) mass is 455 g/mol. The molecule has 0 radical (unpaired) electrons. The molecule has 2 aliphatic rings. The molecule has 2 aromatic rings. The number of benzene rings is 1. The van der Waals surface area contributed by atoms with Gasteiger partial charge in [-0.25, -0.2) is 8.42 Å². The summed E-state index contributed by atoms with van der Waals surface area (Å²) >= 11 is 0. The fourth-order valence-electron chi connectivity index (χ4n) is 4.33. The lowest BCUT2D eigenvalue weighted by Gasteiger charge is -2.26. The van der Waals surface area contributed by atoms with Gasteiger partial charge in [-0.3, -0.25) is 4.79 Å². The number of hydrogen-bond donors (Lipinski definition) is 0. The van der Waals surface area contributed by atoms with Crippen molar-refractivity contribution in [3.05, 3.63) is 65.1 Å². The normalized spacial score (nSPS) is 24.7. The molecule has 0 spiro atoms. The largest absolute Gasteiger partial charge is 0.464 e. The van der Waals surface area contributed by atoms with E-state index < -0.39 is 9.84 Å². The Morgan fingerprint density at radius 1 is 1.16 bits per heavy atom. The Morgan fingerprint density at radius 3 is 2.41 bits per heavy atom. The smallest absolute Gasteiger partial charge is 0.247 e. The lowest BCUT2D eigenvalue weighted by Crippen LogP contribution is -2.39. The minimum Gasteiger partial charge on any atom is -0.464 e. The molecule has 1 aliphatic heterocycles. The zero-order chi connectivity index (χ0) is 23.1. The van der Waals surface area contributed by atoms with Crippen molar-refractivity contribution in [2.45, 2.75) is 64.5 Å². The second-order valence-electron chi connectivity index (χ2n) is 10.4. The maximum absolute atomic E-state index is 13.2. The van der Waals surface area contributed by atoms with Gasteiger partial charge in [0.15, 0.2) is 9.84 Å². The minimum atomic E-state index is -3.11. The molecule has 4 rings (SSSR count). The van der Waals surface area contributed by atoms with Gasteiger partial charge < -0.3 is 9.32 Å². The predicted molar refractivity (Wildman–Crippen MR) is 127 cm³/mol. The van der Waals surface area contributed by atoms with E-state index in [1.54, 1.807) is 17.1 Å². The summed E-state index contributed by atoms with van der Waals surface area (Å²) < 4.78 is 30.2. The van der Waals surface area contributed by atoms with Gasteiger partial charge in [0.25, 0.3) is 0 Å². The van der Waals surface area contributed by atoms with Gasteiger partial charge in [0.05, 0.1) is 18.1 Å². The molecule has 1 saturated heterocycles. The standard InChI is InChI=1S/C26H33NO4S/c1-18-15-23(18)24-11-10-22(31-24)16-27(21-13-14-32(29,30)17-21)25(28)12-7-19-5-8-20(9-6-19)26(2,3)4/h5-12,18,21,23H,13-17H2,1-4H3/b12-7+.